The molecule has 0 saturated carbocycles. The molecule has 2 N–H and O–H groups in total. The van der Waals surface area contributed by atoms with Gasteiger partial charge in [0.05, 0.1) is 22.4 Å². The Morgan fingerprint density at radius 3 is 2.64 bits per heavy atom. The number of nitrogens with zero attached hydrogens (tertiary/aromatic N) is 3. The van der Waals surface area contributed by atoms with Gasteiger partial charge in [-0.1, -0.05) is 18.2 Å². The molecule has 0 spiro atoms. The number of hydrogen-bond acceptors (Lipinski definition) is 5. The van der Waals surface area contributed by atoms with Gasteiger partial charge in [0.2, 0.25) is 0 Å². The predicted molar refractivity (Wildman–Crippen MR) is 105 cm³/mol. The molecule has 0 aliphatic rings. The van der Waals surface area contributed by atoms with Gasteiger partial charge in [0.15, 0.2) is 0 Å². The summed E-state index contributed by atoms with van der Waals surface area (Å²) in [5, 5.41) is 24.7. The molecule has 0 atom stereocenters. The van der Waals surface area contributed by atoms with Crippen LogP contribution in [0.5, 0.6) is 5.75 Å². The maximum absolute atomic E-state index is 12.1. The van der Waals surface area contributed by atoms with E-state index in [0.29, 0.717) is 5.69 Å². The van der Waals surface area contributed by atoms with Gasteiger partial charge in [-0.05, 0) is 38.1 Å². The van der Waals surface area contributed by atoms with E-state index >= 15 is 0 Å². The van der Waals surface area contributed by atoms with Crippen LogP contribution in [-0.2, 0) is 0 Å². The molecule has 0 bridgehead atoms. The number of carbonyl (C=O) groups excluding carboxylic acids is 1. The first-order chi connectivity index (χ1) is 13.4. The number of phenols is 1. The minimum atomic E-state index is -0.526. The number of aromatic hydroxyl groups is 1. The van der Waals surface area contributed by atoms with Crippen LogP contribution < -0.4 is 5.43 Å². The molecule has 1 aromatic heterocycles. The van der Waals surface area contributed by atoms with Crippen LogP contribution in [0.2, 0.25) is 0 Å². The summed E-state index contributed by atoms with van der Waals surface area (Å²) < 4.78 is 1.87. The van der Waals surface area contributed by atoms with E-state index in [9.17, 15) is 20.0 Å². The number of nitro benzene ring substituents is 1. The van der Waals surface area contributed by atoms with Crippen molar-refractivity contribution in [2.45, 2.75) is 13.8 Å². The number of phenolic OH excluding ortho intramolecular Hbond substituents is 1. The number of hydrogen-bond donors (Lipinski definition) is 2. The maximum atomic E-state index is 12.1. The third-order valence-corrected chi connectivity index (χ3v) is 4.29. The third kappa shape index (κ3) is 3.75. The van der Waals surface area contributed by atoms with Gasteiger partial charge in [-0.2, -0.15) is 5.10 Å². The SMILES string of the molecule is Cc1cc(/C=N/NC(=O)c2ccccc2O)c(C)n1-c1cccc([N+](=O)[O-])c1. The summed E-state index contributed by atoms with van der Waals surface area (Å²) >= 11 is 0. The summed E-state index contributed by atoms with van der Waals surface area (Å²) in [7, 11) is 0. The Labute approximate surface area is 160 Å². The highest BCUT2D eigenvalue weighted by molar-refractivity contribution is 5.97. The second kappa shape index (κ2) is 7.75. The largest absolute Gasteiger partial charge is 0.507 e. The minimum Gasteiger partial charge on any atom is -0.507 e. The fourth-order valence-corrected chi connectivity index (χ4v) is 2.95. The normalized spacial score (nSPS) is 10.9. The van der Waals surface area contributed by atoms with Crippen LogP contribution >= 0.6 is 0 Å². The van der Waals surface area contributed by atoms with Crippen molar-refractivity contribution in [1.29, 1.82) is 0 Å². The maximum Gasteiger partial charge on any atom is 0.275 e. The Kier molecular flexibility index (Phi) is 5.21. The van der Waals surface area contributed by atoms with Crippen LogP contribution in [-0.4, -0.2) is 26.7 Å². The van der Waals surface area contributed by atoms with Gasteiger partial charge in [0.1, 0.15) is 5.75 Å². The Morgan fingerprint density at radius 2 is 1.93 bits per heavy atom. The van der Waals surface area contributed by atoms with E-state index in [1.807, 2.05) is 24.5 Å². The zero-order valence-corrected chi connectivity index (χ0v) is 15.3. The molecule has 0 unspecified atom stereocenters. The van der Waals surface area contributed by atoms with Crippen molar-refractivity contribution >= 4 is 17.8 Å². The smallest absolute Gasteiger partial charge is 0.275 e. The van der Waals surface area contributed by atoms with Gasteiger partial charge >= 0.3 is 0 Å². The molecule has 8 nitrogen and oxygen atoms in total. The number of carbonyl (C=O) groups is 1. The molecular weight excluding hydrogens is 360 g/mol. The van der Waals surface area contributed by atoms with E-state index in [1.165, 1.54) is 30.5 Å². The van der Waals surface area contributed by atoms with Crippen molar-refractivity contribution in [2.75, 3.05) is 0 Å². The average Bonchev–Trinajstić information content (AvgIpc) is 2.95. The lowest BCUT2D eigenvalue weighted by atomic mass is 10.2. The fourth-order valence-electron chi connectivity index (χ4n) is 2.95. The quantitative estimate of drug-likeness (QED) is 0.402. The first kappa shape index (κ1) is 18.8. The van der Waals surface area contributed by atoms with E-state index in [2.05, 4.69) is 10.5 Å². The van der Waals surface area contributed by atoms with Gasteiger partial charge in [0.25, 0.3) is 11.6 Å². The van der Waals surface area contributed by atoms with Gasteiger partial charge in [-0.25, -0.2) is 5.43 Å². The van der Waals surface area contributed by atoms with Gasteiger partial charge < -0.3 is 9.67 Å². The second-order valence-corrected chi connectivity index (χ2v) is 6.16. The highest BCUT2D eigenvalue weighted by Gasteiger charge is 2.13. The van der Waals surface area contributed by atoms with Gasteiger partial charge in [0, 0.05) is 29.1 Å². The van der Waals surface area contributed by atoms with Gasteiger partial charge in [-0.15, -0.1) is 0 Å². The Morgan fingerprint density at radius 1 is 1.18 bits per heavy atom. The Bertz CT molecular complexity index is 1090. The number of nitrogens with one attached hydrogen (secondary N) is 1. The van der Waals surface area contributed by atoms with Crippen molar-refractivity contribution < 1.29 is 14.8 Å². The number of para-hydroxylation sites is 1. The number of rotatable bonds is 5. The number of benzene rings is 2. The Hall–Kier alpha value is -3.94. The van der Waals surface area contributed by atoms with E-state index in [1.54, 1.807) is 24.3 Å². The summed E-state index contributed by atoms with van der Waals surface area (Å²) in [5.41, 5.74) is 5.62. The molecule has 0 fully saturated rings. The molecule has 1 amide bonds. The number of nitro groups is 1. The van der Waals surface area contributed by atoms with E-state index in [0.717, 1.165) is 17.0 Å². The molecule has 1 heterocycles. The number of aryl methyl sites for hydroxylation is 1. The van der Waals surface area contributed by atoms with Crippen molar-refractivity contribution in [3.8, 4) is 11.4 Å². The first-order valence-electron chi connectivity index (χ1n) is 8.43. The minimum absolute atomic E-state index is 0.00940. The lowest BCUT2D eigenvalue weighted by Gasteiger charge is -2.09. The van der Waals surface area contributed by atoms with E-state index < -0.39 is 10.8 Å². The zero-order valence-electron chi connectivity index (χ0n) is 15.3. The predicted octanol–water partition coefficient (Wildman–Crippen LogP) is 3.47. The first-order valence-corrected chi connectivity index (χ1v) is 8.43. The fraction of sp³-hybridized carbons (Fsp3) is 0.100. The second-order valence-electron chi connectivity index (χ2n) is 6.16. The summed E-state index contributed by atoms with van der Waals surface area (Å²) in [5.74, 6) is -0.652. The standard InChI is InChI=1S/C20H18N4O4/c1-13-10-15(12-21-22-20(26)18-8-3-4-9-19(18)25)14(2)23(13)16-6-5-7-17(11-16)24(27)28/h3-12,25H,1-2H3,(H,22,26)/b21-12+. The molecule has 8 heteroatoms. The van der Waals surface area contributed by atoms with Crippen LogP contribution in [0.4, 0.5) is 5.69 Å². The third-order valence-electron chi connectivity index (χ3n) is 4.29. The highest BCUT2D eigenvalue weighted by Crippen LogP contribution is 2.23. The lowest BCUT2D eigenvalue weighted by molar-refractivity contribution is -0.384. The lowest BCUT2D eigenvalue weighted by Crippen LogP contribution is -2.17. The van der Waals surface area contributed by atoms with E-state index in [-0.39, 0.29) is 17.0 Å². The van der Waals surface area contributed by atoms with Crippen molar-refractivity contribution in [3.63, 3.8) is 0 Å². The highest BCUT2D eigenvalue weighted by atomic mass is 16.6. The molecule has 2 aromatic carbocycles. The molecule has 0 saturated heterocycles. The summed E-state index contributed by atoms with van der Waals surface area (Å²) in [6.07, 6.45) is 1.49. The van der Waals surface area contributed by atoms with Crippen LogP contribution in [0.25, 0.3) is 5.69 Å². The summed E-state index contributed by atoms with van der Waals surface area (Å²) in [6.45, 7) is 3.74. The number of hydrazone groups is 1. The average molecular weight is 378 g/mol. The molecule has 142 valence electrons. The van der Waals surface area contributed by atoms with Crippen molar-refractivity contribution in [2.24, 2.45) is 5.10 Å². The van der Waals surface area contributed by atoms with Gasteiger partial charge in [-0.3, -0.25) is 14.9 Å². The summed E-state index contributed by atoms with van der Waals surface area (Å²) in [6, 6.07) is 14.4. The molecule has 0 aliphatic heterocycles. The monoisotopic (exact) mass is 378 g/mol. The van der Waals surface area contributed by atoms with Crippen LogP contribution in [0.1, 0.15) is 27.3 Å². The summed E-state index contributed by atoms with van der Waals surface area (Å²) in [4.78, 5) is 22.7. The Balaban J connectivity index is 1.83. The molecule has 3 rings (SSSR count). The molecule has 0 aliphatic carbocycles. The zero-order chi connectivity index (χ0) is 20.3. The number of amides is 1. The molecule has 0 radical (unpaired) electrons. The van der Waals surface area contributed by atoms with Crippen molar-refractivity contribution in [3.05, 3.63) is 87.2 Å². The van der Waals surface area contributed by atoms with Crippen LogP contribution in [0.15, 0.2) is 59.7 Å². The molecule has 3 aromatic rings. The molecular formula is C20H18N4O4. The number of aromatic nitrogens is 1. The number of non-ortho nitro benzene ring substituents is 1. The van der Waals surface area contributed by atoms with Crippen LogP contribution in [0, 0.1) is 24.0 Å². The van der Waals surface area contributed by atoms with Crippen molar-refractivity contribution in [1.82, 2.24) is 9.99 Å². The topological polar surface area (TPSA) is 110 Å². The van der Waals surface area contributed by atoms with E-state index in [4.69, 9.17) is 0 Å². The molecule has 28 heavy (non-hydrogen) atoms. The van der Waals surface area contributed by atoms with Crippen LogP contribution in [0.3, 0.4) is 0 Å².